The number of rotatable bonds is 3. The van der Waals surface area contributed by atoms with Crippen molar-refractivity contribution in [3.05, 3.63) is 11.8 Å². The minimum Gasteiger partial charge on any atom is -0.361 e. The van der Waals surface area contributed by atoms with E-state index in [1.807, 2.05) is 0 Å². The lowest BCUT2D eigenvalue weighted by atomic mass is 9.90. The van der Waals surface area contributed by atoms with Crippen molar-refractivity contribution in [1.82, 2.24) is 19.6 Å². The summed E-state index contributed by atoms with van der Waals surface area (Å²) in [6, 6.07) is 0.729. The van der Waals surface area contributed by atoms with Gasteiger partial charge >= 0.3 is 0 Å². The van der Waals surface area contributed by atoms with Gasteiger partial charge in [-0.1, -0.05) is 13.8 Å². The first kappa shape index (κ1) is 15.0. The van der Waals surface area contributed by atoms with Crippen LogP contribution in [0.1, 0.15) is 46.0 Å². The average molecular weight is 304 g/mol. The number of hydrogen-bond donors (Lipinski definition) is 0. The Morgan fingerprint density at radius 2 is 1.68 bits per heavy atom. The van der Waals surface area contributed by atoms with Crippen LogP contribution in [-0.2, 0) is 0 Å². The van der Waals surface area contributed by atoms with Crippen LogP contribution < -0.4 is 0 Å². The van der Waals surface area contributed by atoms with Gasteiger partial charge in [0.2, 0.25) is 0 Å². The topological polar surface area (TPSA) is 13.0 Å². The molecular weight excluding hydrogens is 272 g/mol. The van der Waals surface area contributed by atoms with Crippen molar-refractivity contribution in [3.63, 3.8) is 0 Å². The molecule has 4 nitrogen and oxygen atoms in total. The molecule has 0 aromatic carbocycles. The van der Waals surface area contributed by atoms with Gasteiger partial charge in [0.15, 0.2) is 0 Å². The summed E-state index contributed by atoms with van der Waals surface area (Å²) in [7, 11) is 0. The quantitative estimate of drug-likeness (QED) is 0.792. The molecule has 4 heteroatoms. The van der Waals surface area contributed by atoms with Crippen LogP contribution in [0.5, 0.6) is 0 Å². The van der Waals surface area contributed by atoms with Crippen molar-refractivity contribution in [1.29, 1.82) is 0 Å². The molecule has 4 heterocycles. The molecular formula is C18H32N4. The molecule has 4 aliphatic heterocycles. The maximum Gasteiger partial charge on any atom is 0.0819 e. The van der Waals surface area contributed by atoms with E-state index in [1.165, 1.54) is 71.4 Å². The number of hydrogen-bond acceptors (Lipinski definition) is 4. The van der Waals surface area contributed by atoms with E-state index in [9.17, 15) is 0 Å². The molecule has 0 aromatic heterocycles. The molecule has 0 aliphatic carbocycles. The van der Waals surface area contributed by atoms with Gasteiger partial charge in [0.05, 0.1) is 12.3 Å². The summed E-state index contributed by atoms with van der Waals surface area (Å²) < 4.78 is 0. The predicted molar refractivity (Wildman–Crippen MR) is 90.4 cm³/mol. The lowest BCUT2D eigenvalue weighted by molar-refractivity contribution is 0.0638. The van der Waals surface area contributed by atoms with E-state index in [0.717, 1.165) is 12.2 Å². The van der Waals surface area contributed by atoms with Crippen molar-refractivity contribution < 1.29 is 0 Å². The summed E-state index contributed by atoms with van der Waals surface area (Å²) in [5.41, 5.74) is 1.73. The lowest BCUT2D eigenvalue weighted by Gasteiger charge is -2.43. The van der Waals surface area contributed by atoms with Crippen LogP contribution >= 0.6 is 0 Å². The van der Waals surface area contributed by atoms with Crippen LogP contribution in [0.4, 0.5) is 0 Å². The smallest absolute Gasteiger partial charge is 0.0819 e. The van der Waals surface area contributed by atoms with Crippen molar-refractivity contribution in [2.24, 2.45) is 0 Å². The highest BCUT2D eigenvalue weighted by Gasteiger charge is 2.41. The molecule has 0 aromatic rings. The highest BCUT2D eigenvalue weighted by Crippen LogP contribution is 2.37. The second kappa shape index (κ2) is 6.14. The van der Waals surface area contributed by atoms with E-state index < -0.39 is 0 Å². The largest absolute Gasteiger partial charge is 0.361 e. The second-order valence-corrected chi connectivity index (χ2v) is 7.38. The van der Waals surface area contributed by atoms with Crippen molar-refractivity contribution >= 4 is 0 Å². The average Bonchev–Trinajstić information content (AvgIpc) is 3.17. The van der Waals surface area contributed by atoms with Gasteiger partial charge in [-0.05, 0) is 50.8 Å². The predicted octanol–water partition coefficient (Wildman–Crippen LogP) is 2.14. The second-order valence-electron chi connectivity index (χ2n) is 7.38. The molecule has 0 radical (unpaired) electrons. The third-order valence-corrected chi connectivity index (χ3v) is 6.50. The number of fused-ring (bicyclic) bond motifs is 2. The molecule has 0 N–H and O–H groups in total. The first-order chi connectivity index (χ1) is 10.8. The number of likely N-dealkylation sites (N-methyl/N-ethyl adjacent to an activating group) is 2. The molecule has 0 bridgehead atoms. The fourth-order valence-corrected chi connectivity index (χ4v) is 5.34. The standard InChI is InChI=1S/C18H32N4/c1-3-19-10-11-21-14-15(8-9-17(19)21)16-6-5-7-18-20(4-2)12-13-22(16)18/h14,16-18H,3-13H2,1-2H3. The number of nitrogens with zero attached hydrogens (tertiary/aromatic N) is 4. The molecule has 3 unspecified atom stereocenters. The summed E-state index contributed by atoms with van der Waals surface area (Å²) in [5, 5.41) is 0. The third-order valence-electron chi connectivity index (χ3n) is 6.50. The summed E-state index contributed by atoms with van der Waals surface area (Å²) >= 11 is 0. The Hall–Kier alpha value is -0.580. The van der Waals surface area contributed by atoms with Gasteiger partial charge in [0.25, 0.3) is 0 Å². The van der Waals surface area contributed by atoms with Crippen LogP contribution in [0, 0.1) is 0 Å². The summed E-state index contributed by atoms with van der Waals surface area (Å²) in [5.74, 6) is 0. The van der Waals surface area contributed by atoms with Crippen LogP contribution in [0.2, 0.25) is 0 Å². The van der Waals surface area contributed by atoms with Gasteiger partial charge in [-0.2, -0.15) is 0 Å². The van der Waals surface area contributed by atoms with E-state index in [0.29, 0.717) is 6.17 Å². The normalized spacial score (nSPS) is 37.3. The van der Waals surface area contributed by atoms with Crippen LogP contribution in [0.3, 0.4) is 0 Å². The van der Waals surface area contributed by atoms with E-state index in [2.05, 4.69) is 39.6 Å². The highest BCUT2D eigenvalue weighted by atomic mass is 15.4. The summed E-state index contributed by atoms with van der Waals surface area (Å²) in [6.07, 6.45) is 10.8. The number of piperidine rings is 1. The molecule has 0 saturated carbocycles. The van der Waals surface area contributed by atoms with Crippen molar-refractivity contribution in [3.8, 4) is 0 Å². The Kier molecular flexibility index (Phi) is 4.18. The zero-order valence-electron chi connectivity index (χ0n) is 14.4. The SMILES string of the molecule is CCN1CCN2C=C(C3CCCC4N(CC)CCN34)CCC21. The monoisotopic (exact) mass is 304 g/mol. The molecule has 124 valence electrons. The van der Waals surface area contributed by atoms with Crippen molar-refractivity contribution in [2.45, 2.75) is 64.3 Å². The Bertz CT molecular complexity index is 435. The molecule has 3 fully saturated rings. The first-order valence-electron chi connectivity index (χ1n) is 9.52. The van der Waals surface area contributed by atoms with Crippen LogP contribution in [0.25, 0.3) is 0 Å². The highest BCUT2D eigenvalue weighted by molar-refractivity contribution is 5.18. The fraction of sp³-hybridized carbons (Fsp3) is 0.889. The van der Waals surface area contributed by atoms with Crippen molar-refractivity contribution in [2.75, 3.05) is 39.3 Å². The Morgan fingerprint density at radius 3 is 2.50 bits per heavy atom. The Balaban J connectivity index is 1.50. The zero-order valence-corrected chi connectivity index (χ0v) is 14.4. The van der Waals surface area contributed by atoms with Gasteiger partial charge in [-0.25, -0.2) is 0 Å². The molecule has 22 heavy (non-hydrogen) atoms. The Morgan fingerprint density at radius 1 is 0.909 bits per heavy atom. The van der Waals surface area contributed by atoms with Gasteiger partial charge in [0.1, 0.15) is 0 Å². The first-order valence-corrected chi connectivity index (χ1v) is 9.52. The maximum absolute atomic E-state index is 2.83. The summed E-state index contributed by atoms with van der Waals surface area (Å²) in [4.78, 5) is 10.8. The van der Waals surface area contributed by atoms with Gasteiger partial charge in [0, 0.05) is 38.4 Å². The third kappa shape index (κ3) is 2.40. The minimum absolute atomic E-state index is 0.693. The molecule has 4 rings (SSSR count). The minimum atomic E-state index is 0.693. The van der Waals surface area contributed by atoms with Gasteiger partial charge < -0.3 is 4.90 Å². The summed E-state index contributed by atoms with van der Waals surface area (Å²) in [6.45, 7) is 12.1. The fourth-order valence-electron chi connectivity index (χ4n) is 5.34. The van der Waals surface area contributed by atoms with Crippen LogP contribution in [0.15, 0.2) is 11.8 Å². The van der Waals surface area contributed by atoms with E-state index in [1.54, 1.807) is 5.57 Å². The molecule has 4 aliphatic rings. The molecule has 3 atom stereocenters. The molecule has 0 amide bonds. The van der Waals surface area contributed by atoms with E-state index in [4.69, 9.17) is 0 Å². The molecule has 3 saturated heterocycles. The maximum atomic E-state index is 2.83. The van der Waals surface area contributed by atoms with E-state index in [-0.39, 0.29) is 0 Å². The van der Waals surface area contributed by atoms with Gasteiger partial charge in [-0.15, -0.1) is 0 Å². The molecule has 0 spiro atoms. The van der Waals surface area contributed by atoms with Crippen LogP contribution in [-0.4, -0.2) is 77.2 Å². The lowest BCUT2D eigenvalue weighted by Crippen LogP contribution is -2.49. The zero-order chi connectivity index (χ0) is 15.1. The Labute approximate surface area is 135 Å². The van der Waals surface area contributed by atoms with E-state index >= 15 is 0 Å². The van der Waals surface area contributed by atoms with Gasteiger partial charge in [-0.3, -0.25) is 14.7 Å².